The Hall–Kier alpha value is -1.55. The number of carbonyl (C=O) groups is 3. The molecular weight excluding hydrogens is 421 g/mol. The van der Waals surface area contributed by atoms with Crippen LogP contribution in [0.25, 0.3) is 6.08 Å². The lowest BCUT2D eigenvalue weighted by Gasteiger charge is -2.10. The molecule has 2 amide bonds. The lowest BCUT2D eigenvalue weighted by atomic mass is 10.2. The topological polar surface area (TPSA) is 83.9 Å². The maximum absolute atomic E-state index is 12.2. The molecule has 1 aromatic rings. The molecule has 116 valence electrons. The maximum atomic E-state index is 12.2. The van der Waals surface area contributed by atoms with E-state index in [4.69, 9.17) is 4.74 Å². The summed E-state index contributed by atoms with van der Waals surface area (Å²) in [5.74, 6) is -0.996. The van der Waals surface area contributed by atoms with Gasteiger partial charge in [0.1, 0.15) is 12.3 Å². The summed E-state index contributed by atoms with van der Waals surface area (Å²) in [5.41, 5.74) is 0.684. The Labute approximate surface area is 144 Å². The van der Waals surface area contributed by atoms with Crippen LogP contribution >= 0.6 is 34.4 Å². The van der Waals surface area contributed by atoms with E-state index in [2.05, 4.69) is 0 Å². The molecule has 1 heterocycles. The Balaban J connectivity index is 2.18. The number of hydrogen-bond acceptors (Lipinski definition) is 6. The minimum Gasteiger partial charge on any atom is -0.507 e. The number of amides is 2. The van der Waals surface area contributed by atoms with Crippen LogP contribution in [0.15, 0.2) is 23.1 Å². The molecule has 0 saturated carbocycles. The van der Waals surface area contributed by atoms with Crippen LogP contribution in [-0.2, 0) is 14.3 Å². The Bertz CT molecular complexity index is 673. The van der Waals surface area contributed by atoms with Crippen LogP contribution in [-0.4, -0.2) is 40.3 Å². The third-order valence-electron chi connectivity index (χ3n) is 2.74. The van der Waals surface area contributed by atoms with Crippen LogP contribution in [0.3, 0.4) is 0 Å². The normalized spacial score (nSPS) is 16.5. The highest BCUT2D eigenvalue weighted by Gasteiger charge is 2.36. The van der Waals surface area contributed by atoms with Crippen molar-refractivity contribution in [2.75, 3.05) is 13.2 Å². The van der Waals surface area contributed by atoms with E-state index in [9.17, 15) is 19.5 Å². The first kappa shape index (κ1) is 16.8. The van der Waals surface area contributed by atoms with Gasteiger partial charge in [0, 0.05) is 0 Å². The van der Waals surface area contributed by atoms with Crippen LogP contribution in [0.5, 0.6) is 5.75 Å². The van der Waals surface area contributed by atoms with E-state index in [1.807, 2.05) is 22.6 Å². The van der Waals surface area contributed by atoms with Crippen molar-refractivity contribution in [3.05, 3.63) is 32.2 Å². The van der Waals surface area contributed by atoms with Gasteiger partial charge < -0.3 is 9.84 Å². The van der Waals surface area contributed by atoms with Crippen LogP contribution in [0.1, 0.15) is 12.5 Å². The number of benzene rings is 1. The molecule has 0 atom stereocenters. The van der Waals surface area contributed by atoms with Crippen molar-refractivity contribution in [2.45, 2.75) is 6.92 Å². The van der Waals surface area contributed by atoms with Crippen molar-refractivity contribution >= 4 is 57.5 Å². The van der Waals surface area contributed by atoms with E-state index in [1.165, 1.54) is 6.07 Å². The minimum absolute atomic E-state index is 0.146. The number of halogens is 1. The Morgan fingerprint density at radius 3 is 2.82 bits per heavy atom. The lowest BCUT2D eigenvalue weighted by molar-refractivity contribution is -0.145. The molecule has 1 saturated heterocycles. The zero-order valence-electron chi connectivity index (χ0n) is 11.5. The van der Waals surface area contributed by atoms with Gasteiger partial charge in [0.05, 0.1) is 15.1 Å². The minimum atomic E-state index is -0.620. The van der Waals surface area contributed by atoms with E-state index < -0.39 is 17.1 Å². The Kier molecular flexibility index (Phi) is 5.46. The van der Waals surface area contributed by atoms with Crippen molar-refractivity contribution in [1.82, 2.24) is 4.90 Å². The second-order valence-electron chi connectivity index (χ2n) is 4.28. The quantitative estimate of drug-likeness (QED) is 0.447. The van der Waals surface area contributed by atoms with E-state index in [1.54, 1.807) is 25.1 Å². The molecule has 0 bridgehead atoms. The Morgan fingerprint density at radius 1 is 1.45 bits per heavy atom. The second kappa shape index (κ2) is 7.14. The molecule has 1 fully saturated rings. The molecule has 0 radical (unpaired) electrons. The number of thioether (sulfide) groups is 1. The van der Waals surface area contributed by atoms with E-state index in [0.29, 0.717) is 9.13 Å². The number of carbonyl (C=O) groups excluding carboxylic acids is 3. The monoisotopic (exact) mass is 433 g/mol. The first-order valence-electron chi connectivity index (χ1n) is 6.32. The average molecular weight is 433 g/mol. The zero-order chi connectivity index (χ0) is 16.3. The lowest BCUT2D eigenvalue weighted by Crippen LogP contribution is -2.34. The summed E-state index contributed by atoms with van der Waals surface area (Å²) >= 11 is 2.74. The molecule has 1 aromatic carbocycles. The summed E-state index contributed by atoms with van der Waals surface area (Å²) in [5, 5.41) is 8.97. The smallest absolute Gasteiger partial charge is 0.326 e. The molecule has 1 aliphatic rings. The summed E-state index contributed by atoms with van der Waals surface area (Å²) in [4.78, 5) is 36.5. The average Bonchev–Trinajstić information content (AvgIpc) is 2.71. The molecule has 0 spiro atoms. The first-order chi connectivity index (χ1) is 10.4. The summed E-state index contributed by atoms with van der Waals surface area (Å²) in [6.45, 7) is 1.46. The maximum Gasteiger partial charge on any atom is 0.326 e. The molecular formula is C14H12INO5S. The van der Waals surface area contributed by atoms with Gasteiger partial charge in [-0.05, 0) is 65.0 Å². The first-order valence-corrected chi connectivity index (χ1v) is 8.21. The van der Waals surface area contributed by atoms with Gasteiger partial charge in [-0.15, -0.1) is 0 Å². The van der Waals surface area contributed by atoms with Gasteiger partial charge in [-0.3, -0.25) is 19.3 Å². The van der Waals surface area contributed by atoms with Gasteiger partial charge >= 0.3 is 5.97 Å². The molecule has 1 aliphatic heterocycles. The molecule has 1 N–H and O–H groups in total. The summed E-state index contributed by atoms with van der Waals surface area (Å²) in [6, 6.07) is 4.84. The van der Waals surface area contributed by atoms with E-state index in [-0.39, 0.29) is 23.8 Å². The van der Waals surface area contributed by atoms with Crippen molar-refractivity contribution in [3.63, 3.8) is 0 Å². The van der Waals surface area contributed by atoms with E-state index >= 15 is 0 Å². The van der Waals surface area contributed by atoms with Crippen molar-refractivity contribution in [2.24, 2.45) is 0 Å². The van der Waals surface area contributed by atoms with Gasteiger partial charge in [-0.2, -0.15) is 0 Å². The highest BCUT2D eigenvalue weighted by molar-refractivity contribution is 14.1. The van der Waals surface area contributed by atoms with Crippen LogP contribution in [0, 0.1) is 3.57 Å². The predicted octanol–water partition coefficient (Wildman–Crippen LogP) is 2.60. The number of esters is 1. The number of phenols is 1. The van der Waals surface area contributed by atoms with Gasteiger partial charge in [0.2, 0.25) is 0 Å². The van der Waals surface area contributed by atoms with Crippen molar-refractivity contribution < 1.29 is 24.2 Å². The highest BCUT2D eigenvalue weighted by atomic mass is 127. The van der Waals surface area contributed by atoms with Crippen LogP contribution in [0.4, 0.5) is 4.79 Å². The molecule has 8 heteroatoms. The van der Waals surface area contributed by atoms with Crippen LogP contribution < -0.4 is 0 Å². The van der Waals surface area contributed by atoms with Gasteiger partial charge in [-0.1, -0.05) is 6.07 Å². The van der Waals surface area contributed by atoms with Gasteiger partial charge in [-0.25, -0.2) is 0 Å². The SMILES string of the molecule is CCOC(=O)CN1C(=O)S/C(=C\c2ccc(O)c(I)c2)C1=O. The fraction of sp³-hybridized carbons (Fsp3) is 0.214. The molecule has 0 unspecified atom stereocenters. The largest absolute Gasteiger partial charge is 0.507 e. The fourth-order valence-electron chi connectivity index (χ4n) is 1.74. The number of aromatic hydroxyl groups is 1. The summed E-state index contributed by atoms with van der Waals surface area (Å²) < 4.78 is 5.38. The number of phenolic OH excluding ortho intramolecular Hbond substituents is 1. The standard InChI is InChI=1S/C14H12INO5S/c1-2-21-12(18)7-16-13(19)11(22-14(16)20)6-8-3-4-10(17)9(15)5-8/h3-6,17H,2,7H2,1H3/b11-6-. The van der Waals surface area contributed by atoms with Gasteiger partial charge in [0.25, 0.3) is 11.1 Å². The second-order valence-corrected chi connectivity index (χ2v) is 6.44. The third kappa shape index (κ3) is 3.80. The number of rotatable bonds is 4. The van der Waals surface area contributed by atoms with Gasteiger partial charge in [0.15, 0.2) is 0 Å². The molecule has 0 aliphatic carbocycles. The zero-order valence-corrected chi connectivity index (χ0v) is 14.5. The highest BCUT2D eigenvalue weighted by Crippen LogP contribution is 2.32. The number of nitrogens with zero attached hydrogens (tertiary/aromatic N) is 1. The Morgan fingerprint density at radius 2 is 2.18 bits per heavy atom. The number of imide groups is 1. The molecule has 6 nitrogen and oxygen atoms in total. The third-order valence-corrected chi connectivity index (χ3v) is 4.51. The molecule has 0 aromatic heterocycles. The number of ether oxygens (including phenoxy) is 1. The number of hydrogen-bond donors (Lipinski definition) is 1. The fourth-order valence-corrected chi connectivity index (χ4v) is 3.11. The molecule has 2 rings (SSSR count). The van der Waals surface area contributed by atoms with Crippen molar-refractivity contribution in [1.29, 1.82) is 0 Å². The van der Waals surface area contributed by atoms with Crippen LogP contribution in [0.2, 0.25) is 0 Å². The molecule has 22 heavy (non-hydrogen) atoms. The predicted molar refractivity (Wildman–Crippen MR) is 90.1 cm³/mol. The van der Waals surface area contributed by atoms with E-state index in [0.717, 1.165) is 16.7 Å². The summed E-state index contributed by atoms with van der Waals surface area (Å²) in [7, 11) is 0. The summed E-state index contributed by atoms with van der Waals surface area (Å²) in [6.07, 6.45) is 1.55. The van der Waals surface area contributed by atoms with Crippen molar-refractivity contribution in [3.8, 4) is 5.75 Å².